The average Bonchev–Trinajstić information content (AvgIpc) is 2.74. The van der Waals surface area contributed by atoms with E-state index in [9.17, 15) is 9.59 Å². The number of esters is 2. The summed E-state index contributed by atoms with van der Waals surface area (Å²) in [4.78, 5) is 24.1. The van der Waals surface area contributed by atoms with Gasteiger partial charge in [-0.05, 0) is 54.1 Å². The highest BCUT2D eigenvalue weighted by molar-refractivity contribution is 6.30. The number of para-hydroxylation sites is 1. The molecule has 0 atom stereocenters. The highest BCUT2D eigenvalue weighted by Crippen LogP contribution is 2.15. The molecule has 0 heterocycles. The van der Waals surface area contributed by atoms with Crippen LogP contribution in [0.4, 0.5) is 0 Å². The van der Waals surface area contributed by atoms with Crippen molar-refractivity contribution in [3.63, 3.8) is 0 Å². The van der Waals surface area contributed by atoms with Crippen LogP contribution in [0.15, 0.2) is 78.9 Å². The first-order chi connectivity index (χ1) is 14.1. The fraction of sp³-hybridized carbons (Fsp3) is 0.130. The summed E-state index contributed by atoms with van der Waals surface area (Å²) in [7, 11) is 0. The van der Waals surface area contributed by atoms with E-state index in [1.807, 2.05) is 30.3 Å². The van der Waals surface area contributed by atoms with Gasteiger partial charge >= 0.3 is 11.9 Å². The molecule has 0 aliphatic heterocycles. The third-order valence-electron chi connectivity index (χ3n) is 3.91. The van der Waals surface area contributed by atoms with Crippen molar-refractivity contribution in [1.29, 1.82) is 0 Å². The van der Waals surface area contributed by atoms with Crippen LogP contribution >= 0.6 is 11.6 Å². The molecule has 0 radical (unpaired) electrons. The first-order valence-electron chi connectivity index (χ1n) is 9.00. The maximum Gasteiger partial charge on any atom is 0.338 e. The van der Waals surface area contributed by atoms with Gasteiger partial charge in [0, 0.05) is 5.02 Å². The number of hydrogen-bond donors (Lipinski definition) is 0. The lowest BCUT2D eigenvalue weighted by molar-refractivity contribution is -0.133. The van der Waals surface area contributed by atoms with Gasteiger partial charge in [-0.25, -0.2) is 4.79 Å². The molecule has 6 heteroatoms. The molecule has 0 bridgehead atoms. The molecule has 3 rings (SSSR count). The Balaban J connectivity index is 1.43. The van der Waals surface area contributed by atoms with Crippen molar-refractivity contribution in [3.05, 3.63) is 95.0 Å². The van der Waals surface area contributed by atoms with E-state index in [4.69, 9.17) is 25.8 Å². The largest absolute Gasteiger partial charge is 0.490 e. The van der Waals surface area contributed by atoms with Gasteiger partial charge in [0.2, 0.25) is 0 Å². The second-order valence-corrected chi connectivity index (χ2v) is 6.54. The minimum atomic E-state index is -0.472. The van der Waals surface area contributed by atoms with Crippen molar-refractivity contribution < 1.29 is 23.8 Å². The highest BCUT2D eigenvalue weighted by Gasteiger charge is 2.10. The quantitative estimate of drug-likeness (QED) is 0.305. The zero-order valence-corrected chi connectivity index (χ0v) is 16.3. The van der Waals surface area contributed by atoms with Crippen LogP contribution in [0.1, 0.15) is 15.9 Å². The molecule has 0 fully saturated rings. The number of benzene rings is 3. The molecule has 0 aliphatic carbocycles. The van der Waals surface area contributed by atoms with E-state index in [1.54, 1.807) is 48.5 Å². The van der Waals surface area contributed by atoms with Crippen LogP contribution in [0.25, 0.3) is 0 Å². The van der Waals surface area contributed by atoms with Crippen molar-refractivity contribution in [3.8, 4) is 11.5 Å². The summed E-state index contributed by atoms with van der Waals surface area (Å²) in [5.74, 6) is 0.197. The first kappa shape index (κ1) is 20.4. The van der Waals surface area contributed by atoms with Crippen molar-refractivity contribution >= 4 is 23.5 Å². The van der Waals surface area contributed by atoms with E-state index in [2.05, 4.69) is 0 Å². The predicted molar refractivity (Wildman–Crippen MR) is 109 cm³/mol. The number of ether oxygens (including phenoxy) is 3. The fourth-order valence-electron chi connectivity index (χ4n) is 2.49. The van der Waals surface area contributed by atoms with E-state index >= 15 is 0 Å². The molecule has 0 unspecified atom stereocenters. The second-order valence-electron chi connectivity index (χ2n) is 6.10. The number of hydrogen-bond acceptors (Lipinski definition) is 5. The Bertz CT molecular complexity index is 937. The lowest BCUT2D eigenvalue weighted by Gasteiger charge is -2.08. The molecule has 3 aromatic rings. The molecule has 29 heavy (non-hydrogen) atoms. The van der Waals surface area contributed by atoms with Crippen molar-refractivity contribution in [2.75, 3.05) is 13.2 Å². The lowest BCUT2D eigenvalue weighted by atomic mass is 10.1. The van der Waals surface area contributed by atoms with Gasteiger partial charge in [-0.1, -0.05) is 41.9 Å². The van der Waals surface area contributed by atoms with Crippen molar-refractivity contribution in [2.24, 2.45) is 0 Å². The van der Waals surface area contributed by atoms with Gasteiger partial charge < -0.3 is 14.2 Å². The molecule has 0 N–H and O–H groups in total. The van der Waals surface area contributed by atoms with E-state index in [0.717, 1.165) is 5.56 Å². The molecule has 0 amide bonds. The summed E-state index contributed by atoms with van der Waals surface area (Å²) in [6.45, 7) is 0.391. The van der Waals surface area contributed by atoms with Gasteiger partial charge in [0.05, 0.1) is 12.0 Å². The van der Waals surface area contributed by atoms with Crippen LogP contribution in [0.5, 0.6) is 11.5 Å². The molecule has 0 saturated heterocycles. The summed E-state index contributed by atoms with van der Waals surface area (Å²) in [6.07, 6.45) is 0.127. The third-order valence-corrected chi connectivity index (χ3v) is 4.16. The third kappa shape index (κ3) is 6.66. The van der Waals surface area contributed by atoms with Crippen molar-refractivity contribution in [1.82, 2.24) is 0 Å². The molecule has 0 spiro atoms. The molecule has 0 aromatic heterocycles. The number of halogens is 1. The van der Waals surface area contributed by atoms with Crippen molar-refractivity contribution in [2.45, 2.75) is 6.42 Å². The smallest absolute Gasteiger partial charge is 0.338 e. The van der Waals surface area contributed by atoms with Gasteiger partial charge in [0.15, 0.2) is 0 Å². The van der Waals surface area contributed by atoms with Gasteiger partial charge in [0.1, 0.15) is 24.7 Å². The summed E-state index contributed by atoms with van der Waals surface area (Å²) < 4.78 is 15.9. The zero-order chi connectivity index (χ0) is 20.5. The van der Waals surface area contributed by atoms with Crippen LogP contribution in [-0.2, 0) is 16.0 Å². The highest BCUT2D eigenvalue weighted by atomic mass is 35.5. The summed E-state index contributed by atoms with van der Waals surface area (Å²) in [5.41, 5.74) is 1.17. The standard InChI is InChI=1S/C23H19ClO5/c24-19-10-6-17(7-11-19)16-22(25)29-21-12-8-18(9-13-21)23(26)28-15-14-27-20-4-2-1-3-5-20/h1-13H,14-16H2. The molecule has 3 aromatic carbocycles. The van der Waals surface area contributed by atoms with Gasteiger partial charge in [-0.3, -0.25) is 4.79 Å². The Hall–Kier alpha value is -3.31. The van der Waals surface area contributed by atoms with Crippen LogP contribution < -0.4 is 9.47 Å². The van der Waals surface area contributed by atoms with E-state index in [1.165, 1.54) is 0 Å². The van der Waals surface area contributed by atoms with Crippen LogP contribution in [0.2, 0.25) is 5.02 Å². The molecule has 0 saturated carbocycles. The molecule has 0 aliphatic rings. The Labute approximate surface area is 173 Å². The number of carbonyl (C=O) groups is 2. The molecular weight excluding hydrogens is 392 g/mol. The normalized spacial score (nSPS) is 10.2. The summed E-state index contributed by atoms with van der Waals surface area (Å²) >= 11 is 5.83. The van der Waals surface area contributed by atoms with E-state index in [-0.39, 0.29) is 19.6 Å². The monoisotopic (exact) mass is 410 g/mol. The van der Waals surface area contributed by atoms with Crippen LogP contribution in [0, 0.1) is 0 Å². The summed E-state index contributed by atoms with van der Waals surface area (Å²) in [6, 6.07) is 22.5. The topological polar surface area (TPSA) is 61.8 Å². The average molecular weight is 411 g/mol. The first-order valence-corrected chi connectivity index (χ1v) is 9.38. The van der Waals surface area contributed by atoms with E-state index in [0.29, 0.717) is 22.1 Å². The van der Waals surface area contributed by atoms with Crippen LogP contribution in [-0.4, -0.2) is 25.2 Å². The van der Waals surface area contributed by atoms with Gasteiger partial charge in [-0.2, -0.15) is 0 Å². The molecule has 5 nitrogen and oxygen atoms in total. The maximum absolute atomic E-state index is 12.1. The van der Waals surface area contributed by atoms with E-state index < -0.39 is 11.9 Å². The lowest BCUT2D eigenvalue weighted by Crippen LogP contribution is -2.13. The fourth-order valence-corrected chi connectivity index (χ4v) is 2.62. The minimum absolute atomic E-state index is 0.127. The van der Waals surface area contributed by atoms with Gasteiger partial charge in [-0.15, -0.1) is 0 Å². The number of carbonyl (C=O) groups excluding carboxylic acids is 2. The number of rotatable bonds is 8. The Morgan fingerprint density at radius 3 is 2.14 bits per heavy atom. The summed E-state index contributed by atoms with van der Waals surface area (Å²) in [5, 5.41) is 0.608. The Morgan fingerprint density at radius 2 is 1.45 bits per heavy atom. The SMILES string of the molecule is O=C(Cc1ccc(Cl)cc1)Oc1ccc(C(=O)OCCOc2ccccc2)cc1. The second kappa shape index (κ2) is 10.3. The molecular formula is C23H19ClO5. The predicted octanol–water partition coefficient (Wildman–Crippen LogP) is 4.72. The van der Waals surface area contributed by atoms with Crippen LogP contribution in [0.3, 0.4) is 0 Å². The maximum atomic E-state index is 12.1. The molecule has 148 valence electrons. The Morgan fingerprint density at radius 1 is 0.759 bits per heavy atom. The van der Waals surface area contributed by atoms with Gasteiger partial charge in [0.25, 0.3) is 0 Å². The Kier molecular flexibility index (Phi) is 7.25. The minimum Gasteiger partial charge on any atom is -0.490 e. The zero-order valence-electron chi connectivity index (χ0n) is 15.5.